The van der Waals surface area contributed by atoms with E-state index in [1.165, 1.54) is 9.42 Å². The van der Waals surface area contributed by atoms with Gasteiger partial charge in [-0.15, -0.1) is 0 Å². The predicted octanol–water partition coefficient (Wildman–Crippen LogP) is 1.86. The van der Waals surface area contributed by atoms with Gasteiger partial charge in [0.05, 0.1) is 12.8 Å². The number of rotatable bonds is 6. The van der Waals surface area contributed by atoms with Crippen molar-refractivity contribution >= 4 is 17.5 Å². The Morgan fingerprint density at radius 1 is 1.22 bits per heavy atom. The SMILES string of the molecule is COc1ccccc1CN(C)C(=O)COC(=O)c1c(C)nn2cccnc12. The lowest BCUT2D eigenvalue weighted by Gasteiger charge is -2.18. The van der Waals surface area contributed by atoms with Crippen molar-refractivity contribution in [3.05, 3.63) is 59.5 Å². The molecule has 2 heterocycles. The number of ether oxygens (including phenoxy) is 2. The number of amides is 1. The topological polar surface area (TPSA) is 86.0 Å². The number of esters is 1. The van der Waals surface area contributed by atoms with E-state index in [-0.39, 0.29) is 18.1 Å². The number of likely N-dealkylation sites (N-methyl/N-ethyl adjacent to an activating group) is 1. The number of aromatic nitrogens is 3. The summed E-state index contributed by atoms with van der Waals surface area (Å²) in [6, 6.07) is 9.15. The van der Waals surface area contributed by atoms with Crippen molar-refractivity contribution in [3.63, 3.8) is 0 Å². The molecule has 1 aromatic carbocycles. The summed E-state index contributed by atoms with van der Waals surface area (Å²) < 4.78 is 12.0. The summed E-state index contributed by atoms with van der Waals surface area (Å²) in [5.41, 5.74) is 2.02. The highest BCUT2D eigenvalue weighted by Crippen LogP contribution is 2.19. The van der Waals surface area contributed by atoms with Gasteiger partial charge in [0.2, 0.25) is 0 Å². The molecule has 0 saturated heterocycles. The van der Waals surface area contributed by atoms with Gasteiger partial charge in [-0.3, -0.25) is 4.79 Å². The Morgan fingerprint density at radius 3 is 2.78 bits per heavy atom. The molecule has 0 bridgehead atoms. The average Bonchev–Trinajstić information content (AvgIpc) is 3.01. The highest BCUT2D eigenvalue weighted by atomic mass is 16.5. The molecule has 140 valence electrons. The van der Waals surface area contributed by atoms with Gasteiger partial charge in [0, 0.05) is 31.5 Å². The van der Waals surface area contributed by atoms with E-state index >= 15 is 0 Å². The minimum absolute atomic E-state index is 0.260. The fourth-order valence-corrected chi connectivity index (χ4v) is 2.72. The van der Waals surface area contributed by atoms with Crippen molar-refractivity contribution in [1.82, 2.24) is 19.5 Å². The largest absolute Gasteiger partial charge is 0.496 e. The minimum atomic E-state index is -0.625. The van der Waals surface area contributed by atoms with Crippen molar-refractivity contribution in [2.24, 2.45) is 0 Å². The highest BCUT2D eigenvalue weighted by Gasteiger charge is 2.21. The quantitative estimate of drug-likeness (QED) is 0.618. The standard InChI is InChI=1S/C19H20N4O4/c1-13-17(18-20-9-6-10-23(18)21-13)19(25)27-12-16(24)22(2)11-14-7-4-5-8-15(14)26-3/h4-10H,11-12H2,1-3H3. The first-order valence-electron chi connectivity index (χ1n) is 8.34. The Kier molecular flexibility index (Phi) is 5.35. The van der Waals surface area contributed by atoms with Crippen LogP contribution in [0.1, 0.15) is 21.6 Å². The van der Waals surface area contributed by atoms with Crippen LogP contribution in [0.3, 0.4) is 0 Å². The van der Waals surface area contributed by atoms with Gasteiger partial charge in [-0.1, -0.05) is 18.2 Å². The van der Waals surface area contributed by atoms with Gasteiger partial charge in [-0.25, -0.2) is 14.3 Å². The van der Waals surface area contributed by atoms with Crippen molar-refractivity contribution in [2.75, 3.05) is 20.8 Å². The van der Waals surface area contributed by atoms with Gasteiger partial charge in [0.15, 0.2) is 12.3 Å². The Bertz CT molecular complexity index is 983. The number of nitrogens with zero attached hydrogens (tertiary/aromatic N) is 4. The number of para-hydroxylation sites is 1. The van der Waals surface area contributed by atoms with E-state index in [0.717, 1.165) is 5.56 Å². The molecular weight excluding hydrogens is 348 g/mol. The van der Waals surface area contributed by atoms with Gasteiger partial charge < -0.3 is 14.4 Å². The van der Waals surface area contributed by atoms with Crippen LogP contribution in [-0.2, 0) is 16.1 Å². The number of fused-ring (bicyclic) bond motifs is 1. The average molecular weight is 368 g/mol. The monoisotopic (exact) mass is 368 g/mol. The van der Waals surface area contributed by atoms with E-state index in [1.54, 1.807) is 39.5 Å². The molecule has 2 aromatic heterocycles. The van der Waals surface area contributed by atoms with Crippen LogP contribution in [0.15, 0.2) is 42.7 Å². The third kappa shape index (κ3) is 3.89. The second kappa shape index (κ2) is 7.86. The fraction of sp³-hybridized carbons (Fsp3) is 0.263. The lowest BCUT2D eigenvalue weighted by atomic mass is 10.2. The fourth-order valence-electron chi connectivity index (χ4n) is 2.72. The number of aryl methyl sites for hydroxylation is 1. The van der Waals surface area contributed by atoms with Gasteiger partial charge in [0.25, 0.3) is 5.91 Å². The van der Waals surface area contributed by atoms with Crippen LogP contribution in [0.5, 0.6) is 5.75 Å². The summed E-state index contributed by atoms with van der Waals surface area (Å²) in [7, 11) is 3.22. The van der Waals surface area contributed by atoms with Crippen LogP contribution in [0.25, 0.3) is 5.65 Å². The first-order valence-corrected chi connectivity index (χ1v) is 8.34. The summed E-state index contributed by atoms with van der Waals surface area (Å²) in [5.74, 6) is -0.251. The minimum Gasteiger partial charge on any atom is -0.496 e. The number of hydrogen-bond acceptors (Lipinski definition) is 6. The highest BCUT2D eigenvalue weighted by molar-refractivity contribution is 5.98. The van der Waals surface area contributed by atoms with Crippen LogP contribution in [0, 0.1) is 6.92 Å². The van der Waals surface area contributed by atoms with E-state index in [0.29, 0.717) is 23.6 Å². The van der Waals surface area contributed by atoms with E-state index in [1.807, 2.05) is 24.3 Å². The molecule has 0 spiro atoms. The Balaban J connectivity index is 1.64. The van der Waals surface area contributed by atoms with Crippen LogP contribution < -0.4 is 4.74 Å². The van der Waals surface area contributed by atoms with Crippen molar-refractivity contribution in [1.29, 1.82) is 0 Å². The molecule has 0 radical (unpaired) electrons. The Labute approximate surface area is 156 Å². The lowest BCUT2D eigenvalue weighted by Crippen LogP contribution is -2.31. The van der Waals surface area contributed by atoms with Crippen LogP contribution in [-0.4, -0.2) is 52.1 Å². The van der Waals surface area contributed by atoms with Crippen molar-refractivity contribution in [3.8, 4) is 5.75 Å². The van der Waals surface area contributed by atoms with Crippen LogP contribution >= 0.6 is 0 Å². The third-order valence-electron chi connectivity index (χ3n) is 4.13. The second-order valence-corrected chi connectivity index (χ2v) is 5.99. The molecule has 0 fully saturated rings. The van der Waals surface area contributed by atoms with E-state index in [4.69, 9.17) is 9.47 Å². The summed E-state index contributed by atoms with van der Waals surface area (Å²) in [6.07, 6.45) is 3.26. The molecule has 8 heteroatoms. The number of benzene rings is 1. The maximum atomic E-state index is 12.4. The molecule has 0 N–H and O–H groups in total. The van der Waals surface area contributed by atoms with Gasteiger partial charge in [-0.2, -0.15) is 5.10 Å². The molecule has 27 heavy (non-hydrogen) atoms. The molecule has 0 unspecified atom stereocenters. The summed E-state index contributed by atoms with van der Waals surface area (Å²) in [5, 5.41) is 4.22. The second-order valence-electron chi connectivity index (χ2n) is 5.99. The van der Waals surface area contributed by atoms with Crippen molar-refractivity contribution < 1.29 is 19.1 Å². The molecule has 0 atom stereocenters. The molecule has 0 saturated carbocycles. The molecule has 0 aliphatic heterocycles. The molecule has 8 nitrogen and oxygen atoms in total. The maximum Gasteiger partial charge on any atom is 0.344 e. The summed E-state index contributed by atoms with van der Waals surface area (Å²) in [4.78, 5) is 30.4. The Hall–Kier alpha value is -3.42. The molecule has 3 aromatic rings. The molecule has 3 rings (SSSR count). The van der Waals surface area contributed by atoms with Gasteiger partial charge >= 0.3 is 5.97 Å². The number of methoxy groups -OCH3 is 1. The summed E-state index contributed by atoms with van der Waals surface area (Å²) >= 11 is 0. The van der Waals surface area contributed by atoms with Crippen LogP contribution in [0.2, 0.25) is 0 Å². The first-order chi connectivity index (χ1) is 13.0. The number of hydrogen-bond donors (Lipinski definition) is 0. The zero-order valence-electron chi connectivity index (χ0n) is 15.4. The number of carbonyl (C=O) groups is 2. The maximum absolute atomic E-state index is 12.4. The van der Waals surface area contributed by atoms with Gasteiger partial charge in [0.1, 0.15) is 11.3 Å². The van der Waals surface area contributed by atoms with E-state index < -0.39 is 5.97 Å². The number of carbonyl (C=O) groups excluding carboxylic acids is 2. The Morgan fingerprint density at radius 2 is 2.00 bits per heavy atom. The van der Waals surface area contributed by atoms with E-state index in [2.05, 4.69) is 10.1 Å². The predicted molar refractivity (Wildman–Crippen MR) is 97.5 cm³/mol. The van der Waals surface area contributed by atoms with Crippen LogP contribution in [0.4, 0.5) is 0 Å². The van der Waals surface area contributed by atoms with Gasteiger partial charge in [-0.05, 0) is 19.1 Å². The smallest absolute Gasteiger partial charge is 0.344 e. The van der Waals surface area contributed by atoms with Crippen molar-refractivity contribution in [2.45, 2.75) is 13.5 Å². The zero-order chi connectivity index (χ0) is 19.4. The zero-order valence-corrected chi connectivity index (χ0v) is 15.4. The van der Waals surface area contributed by atoms with E-state index in [9.17, 15) is 9.59 Å². The summed E-state index contributed by atoms with van der Waals surface area (Å²) in [6.45, 7) is 1.67. The molecule has 0 aliphatic rings. The first kappa shape index (κ1) is 18.4. The molecule has 1 amide bonds. The molecule has 0 aliphatic carbocycles. The molecular formula is C19H20N4O4. The normalized spacial score (nSPS) is 10.6. The third-order valence-corrected chi connectivity index (χ3v) is 4.13. The lowest BCUT2D eigenvalue weighted by molar-refractivity contribution is -0.133.